The molecule has 1 amide bonds. The second-order valence-corrected chi connectivity index (χ2v) is 5.44. The van der Waals surface area contributed by atoms with Gasteiger partial charge < -0.3 is 15.2 Å². The van der Waals surface area contributed by atoms with E-state index in [4.69, 9.17) is 9.84 Å². The summed E-state index contributed by atoms with van der Waals surface area (Å²) >= 11 is 0. The van der Waals surface area contributed by atoms with Crippen molar-refractivity contribution < 1.29 is 32.6 Å². The minimum absolute atomic E-state index is 0.347. The number of alkyl halides is 3. The zero-order valence-electron chi connectivity index (χ0n) is 13.7. The maximum atomic E-state index is 12.5. The van der Waals surface area contributed by atoms with Gasteiger partial charge in [-0.3, -0.25) is 9.48 Å². The molecule has 2 rings (SSSR count). The fourth-order valence-corrected chi connectivity index (χ4v) is 2.12. The van der Waals surface area contributed by atoms with E-state index in [0.29, 0.717) is 5.75 Å². The summed E-state index contributed by atoms with van der Waals surface area (Å²) in [7, 11) is 0. The van der Waals surface area contributed by atoms with E-state index in [1.165, 1.54) is 0 Å². The number of amides is 1. The Bertz CT molecular complexity index is 772. The van der Waals surface area contributed by atoms with Crippen LogP contribution in [-0.2, 0) is 22.3 Å². The Morgan fingerprint density at radius 3 is 2.46 bits per heavy atom. The van der Waals surface area contributed by atoms with Crippen LogP contribution in [0, 0.1) is 0 Å². The first kappa shape index (κ1) is 19.3. The molecule has 0 spiro atoms. The number of carboxylic acids is 1. The molecular formula is C16H16F3N3O4. The van der Waals surface area contributed by atoms with Gasteiger partial charge in [0.15, 0.2) is 12.3 Å². The number of nitrogens with one attached hydrogen (secondary N) is 1. The minimum Gasteiger partial charge on any atom is -0.482 e. The van der Waals surface area contributed by atoms with Gasteiger partial charge in [-0.1, -0.05) is 12.1 Å². The molecule has 26 heavy (non-hydrogen) atoms. The van der Waals surface area contributed by atoms with Gasteiger partial charge in [-0.15, -0.1) is 0 Å². The lowest BCUT2D eigenvalue weighted by atomic mass is 10.1. The van der Waals surface area contributed by atoms with Gasteiger partial charge in [0, 0.05) is 6.20 Å². The number of carbonyl (C=O) groups is 2. The van der Waals surface area contributed by atoms with Crippen molar-refractivity contribution in [3.8, 4) is 5.75 Å². The van der Waals surface area contributed by atoms with Crippen molar-refractivity contribution in [2.75, 3.05) is 6.61 Å². The zero-order chi connectivity index (χ0) is 19.3. The molecule has 10 heteroatoms. The molecule has 0 saturated heterocycles. The monoisotopic (exact) mass is 371 g/mol. The van der Waals surface area contributed by atoms with Crippen LogP contribution in [-0.4, -0.2) is 33.4 Å². The number of aromatic nitrogens is 2. The van der Waals surface area contributed by atoms with Gasteiger partial charge in [0.25, 0.3) is 0 Å². The first-order valence-electron chi connectivity index (χ1n) is 7.49. The van der Waals surface area contributed by atoms with Crippen LogP contribution in [0.3, 0.4) is 0 Å². The summed E-state index contributed by atoms with van der Waals surface area (Å²) in [6, 6.07) is 6.81. The molecular weight excluding hydrogens is 355 g/mol. The summed E-state index contributed by atoms with van der Waals surface area (Å²) in [6.07, 6.45) is -3.47. The molecule has 2 N–H and O–H groups in total. The van der Waals surface area contributed by atoms with Crippen molar-refractivity contribution in [2.45, 2.75) is 25.7 Å². The van der Waals surface area contributed by atoms with Crippen molar-refractivity contribution in [1.29, 1.82) is 0 Å². The summed E-state index contributed by atoms with van der Waals surface area (Å²) in [4.78, 5) is 22.4. The number of carbonyl (C=O) groups excluding carboxylic acids is 1. The molecule has 0 aliphatic heterocycles. The maximum Gasteiger partial charge on any atom is 0.435 e. The fourth-order valence-electron chi connectivity index (χ4n) is 2.12. The largest absolute Gasteiger partial charge is 0.482 e. The van der Waals surface area contributed by atoms with Crippen molar-refractivity contribution in [3.05, 3.63) is 47.8 Å². The molecule has 0 fully saturated rings. The number of halogens is 3. The number of aliphatic carboxylic acids is 1. The van der Waals surface area contributed by atoms with Gasteiger partial charge >= 0.3 is 12.1 Å². The molecule has 0 saturated carbocycles. The average molecular weight is 371 g/mol. The van der Waals surface area contributed by atoms with Crippen LogP contribution in [0.2, 0.25) is 0 Å². The first-order chi connectivity index (χ1) is 12.1. The van der Waals surface area contributed by atoms with Crippen LogP contribution < -0.4 is 10.1 Å². The molecule has 140 valence electrons. The van der Waals surface area contributed by atoms with E-state index in [1.807, 2.05) is 0 Å². The quantitative estimate of drug-likeness (QED) is 0.779. The van der Waals surface area contributed by atoms with Crippen molar-refractivity contribution in [1.82, 2.24) is 15.1 Å². The highest BCUT2D eigenvalue weighted by Gasteiger charge is 2.33. The van der Waals surface area contributed by atoms with E-state index in [-0.39, 0.29) is 6.54 Å². The number of carboxylic acid groups (broad SMARTS) is 1. The summed E-state index contributed by atoms with van der Waals surface area (Å²) in [6.45, 7) is 0.894. The smallest absolute Gasteiger partial charge is 0.435 e. The number of hydrogen-bond donors (Lipinski definition) is 2. The Balaban J connectivity index is 1.90. The molecule has 1 heterocycles. The Morgan fingerprint density at radius 1 is 1.27 bits per heavy atom. The number of hydrogen-bond acceptors (Lipinski definition) is 4. The molecule has 1 aromatic carbocycles. The second kappa shape index (κ2) is 7.89. The third-order valence-corrected chi connectivity index (χ3v) is 3.36. The Labute approximate surface area is 146 Å². The summed E-state index contributed by atoms with van der Waals surface area (Å²) in [5, 5.41) is 14.5. The predicted molar refractivity (Wildman–Crippen MR) is 83.4 cm³/mol. The van der Waals surface area contributed by atoms with Gasteiger partial charge in [0.1, 0.15) is 12.3 Å². The summed E-state index contributed by atoms with van der Waals surface area (Å²) in [5.74, 6) is -1.23. The molecule has 0 aliphatic rings. The molecule has 0 radical (unpaired) electrons. The maximum absolute atomic E-state index is 12.5. The summed E-state index contributed by atoms with van der Waals surface area (Å²) < 4.78 is 43.4. The number of nitrogens with zero attached hydrogens (tertiary/aromatic N) is 2. The average Bonchev–Trinajstić information content (AvgIpc) is 3.02. The Hall–Kier alpha value is -3.04. The van der Waals surface area contributed by atoms with Gasteiger partial charge in [-0.2, -0.15) is 18.3 Å². The molecule has 0 aliphatic carbocycles. The van der Waals surface area contributed by atoms with Crippen LogP contribution in [0.15, 0.2) is 36.5 Å². The lowest BCUT2D eigenvalue weighted by Gasteiger charge is -2.15. The van der Waals surface area contributed by atoms with E-state index < -0.39 is 36.4 Å². The van der Waals surface area contributed by atoms with Gasteiger partial charge in [-0.05, 0) is 30.7 Å². The highest BCUT2D eigenvalue weighted by Crippen LogP contribution is 2.27. The highest BCUT2D eigenvalue weighted by atomic mass is 19.4. The third-order valence-electron chi connectivity index (χ3n) is 3.36. The molecule has 1 unspecified atom stereocenters. The van der Waals surface area contributed by atoms with E-state index in [0.717, 1.165) is 22.5 Å². The molecule has 1 aromatic heterocycles. The van der Waals surface area contributed by atoms with E-state index in [2.05, 4.69) is 10.4 Å². The topological polar surface area (TPSA) is 93.5 Å². The van der Waals surface area contributed by atoms with E-state index >= 15 is 0 Å². The van der Waals surface area contributed by atoms with Gasteiger partial charge in [-0.25, -0.2) is 4.79 Å². The van der Waals surface area contributed by atoms with Gasteiger partial charge in [0.2, 0.25) is 5.91 Å². The first-order valence-corrected chi connectivity index (χ1v) is 7.49. The molecule has 7 nitrogen and oxygen atoms in total. The standard InChI is InChI=1S/C16H16F3N3O4/c1-10(11-2-4-12(5-3-11)26-9-15(24)25)20-14(23)8-22-7-6-13(21-22)16(17,18)19/h2-7,10H,8-9H2,1H3,(H,20,23)(H,24,25). The number of rotatable bonds is 7. The lowest BCUT2D eigenvalue weighted by molar-refractivity contribution is -0.142. The predicted octanol–water partition coefficient (Wildman–Crippen LogP) is 2.24. The normalized spacial score (nSPS) is 12.5. The van der Waals surface area contributed by atoms with Crippen LogP contribution in [0.5, 0.6) is 5.75 Å². The van der Waals surface area contributed by atoms with E-state index in [1.54, 1.807) is 31.2 Å². The fraction of sp³-hybridized carbons (Fsp3) is 0.312. The Morgan fingerprint density at radius 2 is 1.92 bits per heavy atom. The number of ether oxygens (including phenoxy) is 1. The minimum atomic E-state index is -4.56. The van der Waals surface area contributed by atoms with Gasteiger partial charge in [0.05, 0.1) is 6.04 Å². The zero-order valence-corrected chi connectivity index (χ0v) is 13.7. The number of benzene rings is 1. The van der Waals surface area contributed by atoms with E-state index in [9.17, 15) is 22.8 Å². The Kier molecular flexibility index (Phi) is 5.86. The van der Waals surface area contributed by atoms with Crippen molar-refractivity contribution in [3.63, 3.8) is 0 Å². The molecule has 0 bridgehead atoms. The second-order valence-electron chi connectivity index (χ2n) is 5.44. The highest BCUT2D eigenvalue weighted by molar-refractivity contribution is 5.76. The molecule has 2 aromatic rings. The lowest BCUT2D eigenvalue weighted by Crippen LogP contribution is -2.30. The summed E-state index contributed by atoms with van der Waals surface area (Å²) in [5.41, 5.74) is -0.340. The van der Waals surface area contributed by atoms with Crippen LogP contribution >= 0.6 is 0 Å². The van der Waals surface area contributed by atoms with Crippen LogP contribution in [0.25, 0.3) is 0 Å². The van der Waals surface area contributed by atoms with Crippen molar-refractivity contribution >= 4 is 11.9 Å². The van der Waals surface area contributed by atoms with Crippen LogP contribution in [0.4, 0.5) is 13.2 Å². The third kappa shape index (κ3) is 5.50. The van der Waals surface area contributed by atoms with Crippen LogP contribution in [0.1, 0.15) is 24.2 Å². The SMILES string of the molecule is CC(NC(=O)Cn1ccc(C(F)(F)F)n1)c1ccc(OCC(=O)O)cc1. The molecule has 1 atom stereocenters. The van der Waals surface area contributed by atoms with Crippen molar-refractivity contribution in [2.24, 2.45) is 0 Å².